The Labute approximate surface area is 115 Å². The number of methoxy groups -OCH3 is 1. The van der Waals surface area contributed by atoms with Crippen molar-refractivity contribution in [2.45, 2.75) is 13.0 Å². The predicted octanol–water partition coefficient (Wildman–Crippen LogP) is 3.67. The van der Waals surface area contributed by atoms with Crippen molar-refractivity contribution in [1.29, 1.82) is 0 Å². The summed E-state index contributed by atoms with van der Waals surface area (Å²) in [4.78, 5) is 0. The molecule has 18 heavy (non-hydrogen) atoms. The standard InChI is InChI=1S/C14H16BrNO2/c1-9-6-7-18-14(9)13(16-2)11-8-10(15)4-5-12(11)17-3/h4-8,13,16H,1-3H3. The monoisotopic (exact) mass is 309 g/mol. The van der Waals surface area contributed by atoms with E-state index in [4.69, 9.17) is 9.15 Å². The lowest BCUT2D eigenvalue weighted by Crippen LogP contribution is -2.18. The molecule has 96 valence electrons. The minimum absolute atomic E-state index is 0.0209. The van der Waals surface area contributed by atoms with Crippen LogP contribution >= 0.6 is 15.9 Å². The van der Waals surface area contributed by atoms with Crippen molar-refractivity contribution in [3.8, 4) is 5.75 Å². The lowest BCUT2D eigenvalue weighted by molar-refractivity contribution is 0.396. The largest absolute Gasteiger partial charge is 0.496 e. The van der Waals surface area contributed by atoms with E-state index in [0.29, 0.717) is 0 Å². The van der Waals surface area contributed by atoms with Gasteiger partial charge in [0.15, 0.2) is 0 Å². The third-order valence-corrected chi connectivity index (χ3v) is 3.45. The van der Waals surface area contributed by atoms with Crippen LogP contribution in [-0.4, -0.2) is 14.2 Å². The second-order valence-corrected chi connectivity index (χ2v) is 4.99. The van der Waals surface area contributed by atoms with E-state index < -0.39 is 0 Å². The van der Waals surface area contributed by atoms with E-state index in [1.165, 1.54) is 0 Å². The Morgan fingerprint density at radius 3 is 2.67 bits per heavy atom. The minimum Gasteiger partial charge on any atom is -0.496 e. The fourth-order valence-corrected chi connectivity index (χ4v) is 2.42. The van der Waals surface area contributed by atoms with E-state index >= 15 is 0 Å². The second-order valence-electron chi connectivity index (χ2n) is 4.08. The van der Waals surface area contributed by atoms with E-state index in [9.17, 15) is 0 Å². The first-order valence-electron chi connectivity index (χ1n) is 5.72. The molecule has 1 heterocycles. The molecule has 0 radical (unpaired) electrons. The SMILES string of the molecule is CNC(c1cc(Br)ccc1OC)c1occc1C. The summed E-state index contributed by atoms with van der Waals surface area (Å²) in [6.07, 6.45) is 1.71. The van der Waals surface area contributed by atoms with E-state index in [0.717, 1.165) is 27.1 Å². The van der Waals surface area contributed by atoms with Gasteiger partial charge in [-0.1, -0.05) is 15.9 Å². The fourth-order valence-electron chi connectivity index (χ4n) is 2.04. The molecule has 1 unspecified atom stereocenters. The molecular weight excluding hydrogens is 294 g/mol. The maximum absolute atomic E-state index is 5.58. The van der Waals surface area contributed by atoms with E-state index in [1.807, 2.05) is 38.2 Å². The van der Waals surface area contributed by atoms with Gasteiger partial charge in [0.1, 0.15) is 11.5 Å². The summed E-state index contributed by atoms with van der Waals surface area (Å²) >= 11 is 3.49. The van der Waals surface area contributed by atoms with Gasteiger partial charge in [0.05, 0.1) is 19.4 Å². The highest BCUT2D eigenvalue weighted by molar-refractivity contribution is 9.10. The Kier molecular flexibility index (Phi) is 4.09. The van der Waals surface area contributed by atoms with Crippen LogP contribution in [0.1, 0.15) is 22.9 Å². The van der Waals surface area contributed by atoms with Crippen LogP contribution in [0, 0.1) is 6.92 Å². The van der Waals surface area contributed by atoms with Crippen LogP contribution in [0.3, 0.4) is 0 Å². The van der Waals surface area contributed by atoms with Crippen molar-refractivity contribution in [1.82, 2.24) is 5.32 Å². The molecule has 0 aliphatic heterocycles. The molecule has 1 aromatic heterocycles. The number of ether oxygens (including phenoxy) is 1. The second kappa shape index (κ2) is 5.59. The van der Waals surface area contributed by atoms with Crippen LogP contribution < -0.4 is 10.1 Å². The van der Waals surface area contributed by atoms with Gasteiger partial charge < -0.3 is 14.5 Å². The van der Waals surface area contributed by atoms with Crippen LogP contribution in [-0.2, 0) is 0 Å². The molecule has 2 rings (SSSR count). The summed E-state index contributed by atoms with van der Waals surface area (Å²) in [5, 5.41) is 3.27. The van der Waals surface area contributed by atoms with Gasteiger partial charge >= 0.3 is 0 Å². The van der Waals surface area contributed by atoms with Gasteiger partial charge in [-0.05, 0) is 43.8 Å². The van der Waals surface area contributed by atoms with Crippen molar-refractivity contribution in [2.24, 2.45) is 0 Å². The molecule has 1 atom stereocenters. The highest BCUT2D eigenvalue weighted by Gasteiger charge is 2.21. The maximum atomic E-state index is 5.58. The number of benzene rings is 1. The number of halogens is 1. The van der Waals surface area contributed by atoms with Gasteiger partial charge in [0, 0.05) is 10.0 Å². The van der Waals surface area contributed by atoms with Gasteiger partial charge in [-0.25, -0.2) is 0 Å². The summed E-state index contributed by atoms with van der Waals surface area (Å²) in [7, 11) is 3.58. The molecule has 1 aromatic carbocycles. The first-order chi connectivity index (χ1) is 8.67. The van der Waals surface area contributed by atoms with Gasteiger partial charge in [-0.2, -0.15) is 0 Å². The van der Waals surface area contributed by atoms with E-state index in [2.05, 4.69) is 21.2 Å². The van der Waals surface area contributed by atoms with Gasteiger partial charge in [-0.15, -0.1) is 0 Å². The zero-order valence-corrected chi connectivity index (χ0v) is 12.2. The fraction of sp³-hybridized carbons (Fsp3) is 0.286. The number of aryl methyl sites for hydroxylation is 1. The third-order valence-electron chi connectivity index (χ3n) is 2.96. The lowest BCUT2D eigenvalue weighted by Gasteiger charge is -2.18. The number of rotatable bonds is 4. The van der Waals surface area contributed by atoms with Crippen LogP contribution in [0.4, 0.5) is 0 Å². The predicted molar refractivity (Wildman–Crippen MR) is 75.0 cm³/mol. The highest BCUT2D eigenvalue weighted by atomic mass is 79.9. The zero-order valence-electron chi connectivity index (χ0n) is 10.7. The summed E-state index contributed by atoms with van der Waals surface area (Å²) in [6.45, 7) is 2.04. The first kappa shape index (κ1) is 13.2. The molecule has 1 N–H and O–H groups in total. The molecule has 0 amide bonds. The molecule has 0 saturated heterocycles. The van der Waals surface area contributed by atoms with Crippen LogP contribution in [0.2, 0.25) is 0 Å². The molecule has 0 spiro atoms. The Hall–Kier alpha value is -1.26. The molecule has 0 aliphatic rings. The van der Waals surface area contributed by atoms with Crippen molar-refractivity contribution < 1.29 is 9.15 Å². The number of nitrogens with one attached hydrogen (secondary N) is 1. The van der Waals surface area contributed by atoms with Crippen molar-refractivity contribution in [3.05, 3.63) is 51.9 Å². The summed E-state index contributed by atoms with van der Waals surface area (Å²) < 4.78 is 12.0. The molecule has 3 nitrogen and oxygen atoms in total. The summed E-state index contributed by atoms with van der Waals surface area (Å²) in [6, 6.07) is 7.89. The number of hydrogen-bond acceptors (Lipinski definition) is 3. The van der Waals surface area contributed by atoms with Gasteiger partial charge in [0.2, 0.25) is 0 Å². The zero-order chi connectivity index (χ0) is 13.1. The van der Waals surface area contributed by atoms with Crippen molar-refractivity contribution in [2.75, 3.05) is 14.2 Å². The third kappa shape index (κ3) is 2.44. The Balaban J connectivity index is 2.51. The van der Waals surface area contributed by atoms with Crippen LogP contribution in [0.5, 0.6) is 5.75 Å². The highest BCUT2D eigenvalue weighted by Crippen LogP contribution is 2.33. The normalized spacial score (nSPS) is 12.4. The average molecular weight is 310 g/mol. The quantitative estimate of drug-likeness (QED) is 0.935. The van der Waals surface area contributed by atoms with Crippen LogP contribution in [0.15, 0.2) is 39.4 Å². The van der Waals surface area contributed by atoms with E-state index in [1.54, 1.807) is 13.4 Å². The van der Waals surface area contributed by atoms with Gasteiger partial charge in [-0.3, -0.25) is 0 Å². The summed E-state index contributed by atoms with van der Waals surface area (Å²) in [5.74, 6) is 1.75. The molecule has 2 aromatic rings. The molecule has 0 saturated carbocycles. The number of hydrogen-bond donors (Lipinski definition) is 1. The van der Waals surface area contributed by atoms with Crippen molar-refractivity contribution in [3.63, 3.8) is 0 Å². The number of furan rings is 1. The van der Waals surface area contributed by atoms with E-state index in [-0.39, 0.29) is 6.04 Å². The molecule has 0 aliphatic carbocycles. The molecular formula is C14H16BrNO2. The Morgan fingerprint density at radius 2 is 2.11 bits per heavy atom. The van der Waals surface area contributed by atoms with Gasteiger partial charge in [0.25, 0.3) is 0 Å². The minimum atomic E-state index is -0.0209. The smallest absolute Gasteiger partial charge is 0.128 e. The molecule has 4 heteroatoms. The maximum Gasteiger partial charge on any atom is 0.128 e. The van der Waals surface area contributed by atoms with Crippen LogP contribution in [0.25, 0.3) is 0 Å². The first-order valence-corrected chi connectivity index (χ1v) is 6.51. The topological polar surface area (TPSA) is 34.4 Å². The summed E-state index contributed by atoms with van der Waals surface area (Å²) in [5.41, 5.74) is 2.17. The molecule has 0 fully saturated rings. The average Bonchev–Trinajstić information content (AvgIpc) is 2.77. The van der Waals surface area contributed by atoms with Crippen molar-refractivity contribution >= 4 is 15.9 Å². The Bertz CT molecular complexity index is 536. The lowest BCUT2D eigenvalue weighted by atomic mass is 10.0. The molecule has 0 bridgehead atoms. The Morgan fingerprint density at radius 1 is 1.33 bits per heavy atom.